The largest absolute Gasteiger partial charge is 0.330 e. The molecule has 3 rings (SSSR count). The van der Waals surface area contributed by atoms with Gasteiger partial charge in [0, 0.05) is 22.9 Å². The van der Waals surface area contributed by atoms with E-state index in [1.54, 1.807) is 0 Å². The van der Waals surface area contributed by atoms with Crippen molar-refractivity contribution in [3.8, 4) is 11.3 Å². The highest BCUT2D eigenvalue weighted by Crippen LogP contribution is 2.33. The Balaban J connectivity index is 1.85. The minimum Gasteiger partial charge on any atom is -0.330 e. The van der Waals surface area contributed by atoms with Gasteiger partial charge in [0.15, 0.2) is 5.13 Å². The van der Waals surface area contributed by atoms with Gasteiger partial charge in [-0.25, -0.2) is 4.98 Å². The second-order valence-corrected chi connectivity index (χ2v) is 7.09. The molecule has 0 spiro atoms. The number of nitrogens with two attached hydrogens (primary N) is 1. The summed E-state index contributed by atoms with van der Waals surface area (Å²) in [6.07, 6.45) is 3.58. The third-order valence-electron chi connectivity index (χ3n) is 4.20. The molecule has 0 saturated carbocycles. The lowest BCUT2D eigenvalue weighted by Crippen LogP contribution is -2.26. The molecule has 5 heteroatoms. The molecule has 1 amide bonds. The molecule has 1 aromatic carbocycles. The molecule has 1 atom stereocenters. The average molecular weight is 315 g/mol. The Labute approximate surface area is 134 Å². The molecule has 0 radical (unpaired) electrons. The second kappa shape index (κ2) is 6.18. The monoisotopic (exact) mass is 315 g/mol. The Morgan fingerprint density at radius 3 is 2.95 bits per heavy atom. The summed E-state index contributed by atoms with van der Waals surface area (Å²) in [5.74, 6) is -0.274. The Kier molecular flexibility index (Phi) is 4.27. The number of amides is 1. The van der Waals surface area contributed by atoms with Gasteiger partial charge in [-0.05, 0) is 43.4 Å². The van der Waals surface area contributed by atoms with Crippen LogP contribution in [0, 0.1) is 12.8 Å². The highest BCUT2D eigenvalue weighted by atomic mass is 32.1. The van der Waals surface area contributed by atoms with Gasteiger partial charge in [0.1, 0.15) is 0 Å². The van der Waals surface area contributed by atoms with Crippen LogP contribution in [0.3, 0.4) is 0 Å². The molecule has 4 nitrogen and oxygen atoms in total. The number of hydrogen-bond donors (Lipinski definition) is 2. The lowest BCUT2D eigenvalue weighted by atomic mass is 10.0. The van der Waals surface area contributed by atoms with Crippen molar-refractivity contribution in [2.45, 2.75) is 33.1 Å². The van der Waals surface area contributed by atoms with Gasteiger partial charge in [-0.1, -0.05) is 19.1 Å². The van der Waals surface area contributed by atoms with Gasteiger partial charge >= 0.3 is 0 Å². The molecule has 3 N–H and O–H groups in total. The fourth-order valence-corrected chi connectivity index (χ4v) is 3.61. The maximum absolute atomic E-state index is 11.9. The number of aryl methyl sites for hydroxylation is 3. The van der Waals surface area contributed by atoms with Crippen LogP contribution in [0.1, 0.15) is 29.3 Å². The van der Waals surface area contributed by atoms with Crippen molar-refractivity contribution >= 4 is 22.4 Å². The smallest absolute Gasteiger partial charge is 0.230 e. The number of benzene rings is 1. The molecule has 22 heavy (non-hydrogen) atoms. The number of nitrogens with one attached hydrogen (secondary N) is 1. The highest BCUT2D eigenvalue weighted by Gasteiger charge is 2.17. The minimum absolute atomic E-state index is 0.0725. The van der Waals surface area contributed by atoms with Crippen molar-refractivity contribution in [3.05, 3.63) is 34.2 Å². The Hall–Kier alpha value is -1.72. The van der Waals surface area contributed by atoms with Crippen LogP contribution in [0.2, 0.25) is 0 Å². The zero-order valence-corrected chi connectivity index (χ0v) is 13.8. The molecule has 1 aliphatic rings. The maximum atomic E-state index is 11.9. The Morgan fingerprint density at radius 1 is 1.41 bits per heavy atom. The number of thiazole rings is 1. The lowest BCUT2D eigenvalue weighted by Gasteiger charge is -2.06. The van der Waals surface area contributed by atoms with Crippen LogP contribution in [-0.2, 0) is 17.6 Å². The number of carbonyl (C=O) groups excluding carboxylic acids is 1. The van der Waals surface area contributed by atoms with Gasteiger partial charge in [0.25, 0.3) is 0 Å². The summed E-state index contributed by atoms with van der Waals surface area (Å²) >= 11 is 1.51. The Morgan fingerprint density at radius 2 is 2.18 bits per heavy atom. The molecule has 1 aromatic heterocycles. The van der Waals surface area contributed by atoms with E-state index in [4.69, 9.17) is 5.73 Å². The van der Waals surface area contributed by atoms with E-state index in [2.05, 4.69) is 28.5 Å². The quantitative estimate of drug-likeness (QED) is 0.911. The van der Waals surface area contributed by atoms with E-state index in [0.29, 0.717) is 11.7 Å². The molecule has 0 bridgehead atoms. The van der Waals surface area contributed by atoms with Crippen molar-refractivity contribution < 1.29 is 4.79 Å². The molecule has 116 valence electrons. The van der Waals surface area contributed by atoms with E-state index in [-0.39, 0.29) is 11.8 Å². The maximum Gasteiger partial charge on any atom is 0.230 e. The number of fused-ring (bicyclic) bond motifs is 1. The van der Waals surface area contributed by atoms with E-state index < -0.39 is 0 Å². The van der Waals surface area contributed by atoms with Crippen LogP contribution in [0.4, 0.5) is 5.13 Å². The average Bonchev–Trinajstić information content (AvgIpc) is 3.11. The molecule has 0 saturated heterocycles. The lowest BCUT2D eigenvalue weighted by molar-refractivity contribution is -0.119. The second-order valence-electron chi connectivity index (χ2n) is 5.89. The van der Waals surface area contributed by atoms with Crippen molar-refractivity contribution in [1.29, 1.82) is 0 Å². The van der Waals surface area contributed by atoms with Gasteiger partial charge in [-0.15, -0.1) is 11.3 Å². The van der Waals surface area contributed by atoms with Crippen molar-refractivity contribution in [1.82, 2.24) is 4.98 Å². The van der Waals surface area contributed by atoms with Crippen LogP contribution in [0.5, 0.6) is 0 Å². The number of anilines is 1. The fraction of sp³-hybridized carbons (Fsp3) is 0.412. The van der Waals surface area contributed by atoms with Crippen LogP contribution < -0.4 is 11.1 Å². The standard InChI is InChI=1S/C17H21N3OS/c1-10(9-18)16(21)20-17-19-15(11(2)22-17)14-7-6-12-4-3-5-13(12)8-14/h6-8,10H,3-5,9,18H2,1-2H3,(H,19,20,21). The predicted molar refractivity (Wildman–Crippen MR) is 91.2 cm³/mol. The summed E-state index contributed by atoms with van der Waals surface area (Å²) in [6, 6.07) is 6.60. The van der Waals surface area contributed by atoms with Crippen LogP contribution in [0.15, 0.2) is 18.2 Å². The predicted octanol–water partition coefficient (Wildman–Crippen LogP) is 3.14. The fourth-order valence-electron chi connectivity index (χ4n) is 2.77. The summed E-state index contributed by atoms with van der Waals surface area (Å²) in [5.41, 5.74) is 10.5. The molecule has 1 unspecified atom stereocenters. The topological polar surface area (TPSA) is 68.0 Å². The third kappa shape index (κ3) is 2.91. The first kappa shape index (κ1) is 15.2. The zero-order chi connectivity index (χ0) is 15.7. The van der Waals surface area contributed by atoms with Crippen molar-refractivity contribution in [3.63, 3.8) is 0 Å². The summed E-state index contributed by atoms with van der Waals surface area (Å²) in [5, 5.41) is 3.52. The number of rotatable bonds is 4. The van der Waals surface area contributed by atoms with E-state index in [1.165, 1.54) is 35.3 Å². The first-order chi connectivity index (χ1) is 10.6. The van der Waals surface area contributed by atoms with Crippen LogP contribution in [0.25, 0.3) is 11.3 Å². The molecule has 0 aliphatic heterocycles. The van der Waals surface area contributed by atoms with E-state index in [1.807, 2.05) is 13.8 Å². The summed E-state index contributed by atoms with van der Waals surface area (Å²) < 4.78 is 0. The molecule has 2 aromatic rings. The van der Waals surface area contributed by atoms with Gasteiger partial charge in [-0.3, -0.25) is 4.79 Å². The van der Waals surface area contributed by atoms with E-state index in [0.717, 1.165) is 22.6 Å². The summed E-state index contributed by atoms with van der Waals surface area (Å²) in [7, 11) is 0. The number of carbonyl (C=O) groups is 1. The number of hydrogen-bond acceptors (Lipinski definition) is 4. The highest BCUT2D eigenvalue weighted by molar-refractivity contribution is 7.16. The van der Waals surface area contributed by atoms with Crippen LogP contribution in [-0.4, -0.2) is 17.4 Å². The van der Waals surface area contributed by atoms with E-state index in [9.17, 15) is 4.79 Å². The minimum atomic E-state index is -0.201. The van der Waals surface area contributed by atoms with Gasteiger partial charge in [0.2, 0.25) is 5.91 Å². The van der Waals surface area contributed by atoms with E-state index >= 15 is 0 Å². The van der Waals surface area contributed by atoms with Gasteiger partial charge in [0.05, 0.1) is 5.69 Å². The first-order valence-corrected chi connectivity index (χ1v) is 8.50. The molecule has 0 fully saturated rings. The molecular formula is C17H21N3OS. The summed E-state index contributed by atoms with van der Waals surface area (Å²) in [6.45, 7) is 4.20. The number of aromatic nitrogens is 1. The van der Waals surface area contributed by atoms with Crippen LogP contribution >= 0.6 is 11.3 Å². The van der Waals surface area contributed by atoms with Gasteiger partial charge < -0.3 is 11.1 Å². The van der Waals surface area contributed by atoms with Crippen molar-refractivity contribution in [2.24, 2.45) is 11.7 Å². The molecule has 1 heterocycles. The Bertz CT molecular complexity index is 708. The van der Waals surface area contributed by atoms with Gasteiger partial charge in [-0.2, -0.15) is 0 Å². The SMILES string of the molecule is Cc1sc(NC(=O)C(C)CN)nc1-c1ccc2c(c1)CCC2. The third-order valence-corrected chi connectivity index (χ3v) is 5.09. The van der Waals surface area contributed by atoms with Crippen molar-refractivity contribution in [2.75, 3.05) is 11.9 Å². The molecular weight excluding hydrogens is 294 g/mol. The molecule has 1 aliphatic carbocycles. The normalized spacial score (nSPS) is 14.7. The summed E-state index contributed by atoms with van der Waals surface area (Å²) in [4.78, 5) is 17.7. The first-order valence-electron chi connectivity index (χ1n) is 7.69. The zero-order valence-electron chi connectivity index (χ0n) is 13.0. The number of nitrogens with zero attached hydrogens (tertiary/aromatic N) is 1.